The Labute approximate surface area is 113 Å². The number of fused-ring (bicyclic) bond motifs is 1. The van der Waals surface area contributed by atoms with Gasteiger partial charge in [-0.05, 0) is 6.08 Å². The van der Waals surface area contributed by atoms with E-state index in [4.69, 9.17) is 9.47 Å². The first-order valence-corrected chi connectivity index (χ1v) is 6.02. The molecule has 0 aliphatic carbocycles. The second-order valence-corrected chi connectivity index (χ2v) is 4.31. The number of nitrogens with one attached hydrogen (secondary N) is 1. The number of imidazole rings is 1. The topological polar surface area (TPSA) is 99.1 Å². The summed E-state index contributed by atoms with van der Waals surface area (Å²) in [4.78, 5) is 32.9. The van der Waals surface area contributed by atoms with E-state index in [2.05, 4.69) is 15.0 Å². The molecule has 104 valence electrons. The number of carbonyl (C=O) groups excluding carboxylic acids is 1. The van der Waals surface area contributed by atoms with Crippen LogP contribution in [-0.2, 0) is 14.3 Å². The van der Waals surface area contributed by atoms with Crippen molar-refractivity contribution in [2.45, 2.75) is 19.3 Å². The molecule has 0 aromatic carbocycles. The second-order valence-electron chi connectivity index (χ2n) is 4.31. The molecule has 2 unspecified atom stereocenters. The molecule has 2 aromatic heterocycles. The van der Waals surface area contributed by atoms with Gasteiger partial charge in [0.05, 0.1) is 12.7 Å². The average Bonchev–Trinajstić information content (AvgIpc) is 3.02. The standard InChI is InChI=1S/C12H12N4O4/c1-7(17)19-4-8-2-3-9(20-8)16-6-15-10-11(16)13-5-14-12(10)18/h2-3,5-6,8-9H,4H2,1H3,(H,13,14,18). The SMILES string of the molecule is CC(=O)OCC1C=CC(n2cnc3c(=O)[nH]cnc32)O1. The molecule has 0 saturated carbocycles. The van der Waals surface area contributed by atoms with Gasteiger partial charge in [0.15, 0.2) is 17.4 Å². The number of nitrogens with zero attached hydrogens (tertiary/aromatic N) is 3. The molecule has 0 amide bonds. The van der Waals surface area contributed by atoms with Gasteiger partial charge >= 0.3 is 5.97 Å². The molecule has 2 atom stereocenters. The van der Waals surface area contributed by atoms with Gasteiger partial charge < -0.3 is 14.5 Å². The van der Waals surface area contributed by atoms with Gasteiger partial charge in [0, 0.05) is 6.92 Å². The van der Waals surface area contributed by atoms with E-state index in [1.807, 2.05) is 0 Å². The zero-order valence-corrected chi connectivity index (χ0v) is 10.6. The minimum absolute atomic E-state index is 0.156. The summed E-state index contributed by atoms with van der Waals surface area (Å²) >= 11 is 0. The lowest BCUT2D eigenvalue weighted by molar-refractivity contribution is -0.144. The first-order valence-electron chi connectivity index (χ1n) is 6.02. The number of esters is 1. The fourth-order valence-corrected chi connectivity index (χ4v) is 1.99. The van der Waals surface area contributed by atoms with Crippen LogP contribution in [0.15, 0.2) is 29.6 Å². The molecule has 3 heterocycles. The summed E-state index contributed by atoms with van der Waals surface area (Å²) in [5, 5.41) is 0. The molecule has 0 fully saturated rings. The summed E-state index contributed by atoms with van der Waals surface area (Å²) < 4.78 is 12.2. The molecule has 1 aliphatic heterocycles. The summed E-state index contributed by atoms with van der Waals surface area (Å²) in [6.07, 6.45) is 5.68. The predicted octanol–water partition coefficient (Wildman–Crippen LogP) is 0.136. The predicted molar refractivity (Wildman–Crippen MR) is 67.8 cm³/mol. The molecule has 0 spiro atoms. The Kier molecular flexibility index (Phi) is 3.07. The van der Waals surface area contributed by atoms with E-state index in [0.717, 1.165) is 0 Å². The van der Waals surface area contributed by atoms with Crippen molar-refractivity contribution in [1.82, 2.24) is 19.5 Å². The van der Waals surface area contributed by atoms with Crippen molar-refractivity contribution in [3.8, 4) is 0 Å². The van der Waals surface area contributed by atoms with E-state index in [-0.39, 0.29) is 29.8 Å². The van der Waals surface area contributed by atoms with Crippen LogP contribution in [0, 0.1) is 0 Å². The maximum atomic E-state index is 11.6. The van der Waals surface area contributed by atoms with Gasteiger partial charge in [0.2, 0.25) is 0 Å². The number of rotatable bonds is 3. The number of hydrogen-bond acceptors (Lipinski definition) is 6. The van der Waals surface area contributed by atoms with Crippen LogP contribution in [0.3, 0.4) is 0 Å². The maximum Gasteiger partial charge on any atom is 0.302 e. The molecule has 0 saturated heterocycles. The summed E-state index contributed by atoms with van der Waals surface area (Å²) in [6.45, 7) is 1.50. The fourth-order valence-electron chi connectivity index (χ4n) is 1.99. The zero-order chi connectivity index (χ0) is 14.1. The molecule has 8 heteroatoms. The van der Waals surface area contributed by atoms with Gasteiger partial charge in [-0.3, -0.25) is 14.2 Å². The van der Waals surface area contributed by atoms with Gasteiger partial charge in [0.1, 0.15) is 12.7 Å². The van der Waals surface area contributed by atoms with Gasteiger partial charge in [-0.2, -0.15) is 0 Å². The van der Waals surface area contributed by atoms with Crippen LogP contribution in [0.5, 0.6) is 0 Å². The van der Waals surface area contributed by atoms with Crippen molar-refractivity contribution in [2.75, 3.05) is 6.61 Å². The quantitative estimate of drug-likeness (QED) is 0.632. The number of hydrogen-bond donors (Lipinski definition) is 1. The number of aromatic amines is 1. The van der Waals surface area contributed by atoms with Crippen LogP contribution in [0.4, 0.5) is 0 Å². The van der Waals surface area contributed by atoms with E-state index in [0.29, 0.717) is 5.65 Å². The maximum absolute atomic E-state index is 11.6. The minimum atomic E-state index is -0.421. The monoisotopic (exact) mass is 276 g/mol. The summed E-state index contributed by atoms with van der Waals surface area (Å²) in [6, 6.07) is 0. The Balaban J connectivity index is 1.80. The van der Waals surface area contributed by atoms with Crippen molar-refractivity contribution in [3.63, 3.8) is 0 Å². The third-order valence-corrected chi connectivity index (χ3v) is 2.89. The van der Waals surface area contributed by atoms with Crippen LogP contribution < -0.4 is 5.56 Å². The highest BCUT2D eigenvalue weighted by atomic mass is 16.6. The van der Waals surface area contributed by atoms with Crippen molar-refractivity contribution >= 4 is 17.1 Å². The Bertz CT molecular complexity index is 732. The molecule has 3 rings (SSSR count). The van der Waals surface area contributed by atoms with Crippen LogP contribution in [0.1, 0.15) is 13.2 Å². The van der Waals surface area contributed by atoms with Gasteiger partial charge in [-0.15, -0.1) is 0 Å². The molecule has 20 heavy (non-hydrogen) atoms. The first-order chi connectivity index (χ1) is 9.65. The van der Waals surface area contributed by atoms with Crippen molar-refractivity contribution in [3.05, 3.63) is 35.2 Å². The lowest BCUT2D eigenvalue weighted by Crippen LogP contribution is -2.19. The van der Waals surface area contributed by atoms with E-state index in [1.54, 1.807) is 16.7 Å². The molecular weight excluding hydrogens is 264 g/mol. The molecule has 1 N–H and O–H groups in total. The lowest BCUT2D eigenvalue weighted by Gasteiger charge is -2.15. The summed E-state index contributed by atoms with van der Waals surface area (Å²) in [7, 11) is 0. The fraction of sp³-hybridized carbons (Fsp3) is 0.333. The Morgan fingerprint density at radius 1 is 1.50 bits per heavy atom. The molecule has 1 aliphatic rings. The second kappa shape index (κ2) is 4.89. The average molecular weight is 276 g/mol. The third kappa shape index (κ3) is 2.21. The van der Waals surface area contributed by atoms with E-state index >= 15 is 0 Å². The largest absolute Gasteiger partial charge is 0.463 e. The van der Waals surface area contributed by atoms with Gasteiger partial charge in [0.25, 0.3) is 5.56 Å². The van der Waals surface area contributed by atoms with Crippen LogP contribution >= 0.6 is 0 Å². The molecule has 0 bridgehead atoms. The number of H-pyrrole nitrogens is 1. The normalized spacial score (nSPS) is 21.4. The Hall–Kier alpha value is -2.48. The Morgan fingerprint density at radius 2 is 2.35 bits per heavy atom. The highest BCUT2D eigenvalue weighted by Crippen LogP contribution is 2.23. The number of ether oxygens (including phenoxy) is 2. The van der Waals surface area contributed by atoms with Crippen molar-refractivity contribution < 1.29 is 14.3 Å². The van der Waals surface area contributed by atoms with Crippen molar-refractivity contribution in [2.24, 2.45) is 0 Å². The highest BCUT2D eigenvalue weighted by Gasteiger charge is 2.23. The summed E-state index contributed by atoms with van der Waals surface area (Å²) in [5.41, 5.74) is 0.400. The number of aromatic nitrogens is 4. The van der Waals surface area contributed by atoms with E-state index in [1.165, 1.54) is 19.6 Å². The molecule has 2 aromatic rings. The minimum Gasteiger partial charge on any atom is -0.463 e. The van der Waals surface area contributed by atoms with Gasteiger partial charge in [-0.25, -0.2) is 9.97 Å². The zero-order valence-electron chi connectivity index (χ0n) is 10.6. The van der Waals surface area contributed by atoms with Crippen LogP contribution in [-0.4, -0.2) is 38.2 Å². The first kappa shape index (κ1) is 12.5. The Morgan fingerprint density at radius 3 is 3.15 bits per heavy atom. The highest BCUT2D eigenvalue weighted by molar-refractivity contribution is 5.69. The van der Waals surface area contributed by atoms with Crippen molar-refractivity contribution in [1.29, 1.82) is 0 Å². The van der Waals surface area contributed by atoms with Crippen LogP contribution in [0.25, 0.3) is 11.2 Å². The lowest BCUT2D eigenvalue weighted by atomic mass is 10.4. The molecule has 8 nitrogen and oxygen atoms in total. The smallest absolute Gasteiger partial charge is 0.302 e. The van der Waals surface area contributed by atoms with Crippen LogP contribution in [0.2, 0.25) is 0 Å². The van der Waals surface area contributed by atoms with Gasteiger partial charge in [-0.1, -0.05) is 6.08 Å². The molecular formula is C12H12N4O4. The third-order valence-electron chi connectivity index (χ3n) is 2.89. The molecule has 0 radical (unpaired) electrons. The van der Waals surface area contributed by atoms with E-state index in [9.17, 15) is 9.59 Å². The van der Waals surface area contributed by atoms with E-state index < -0.39 is 6.23 Å². The number of carbonyl (C=O) groups is 1. The summed E-state index contributed by atoms with van der Waals surface area (Å²) in [5.74, 6) is -0.355.